The first kappa shape index (κ1) is 57.0. The first-order valence-electron chi connectivity index (χ1n) is 24.3. The largest absolute Gasteiger partial charge is 0.544 e. The molecule has 0 heterocycles. The van der Waals surface area contributed by atoms with E-state index in [0.29, 0.717) is 12.8 Å². The summed E-state index contributed by atoms with van der Waals surface area (Å²) in [5.41, 5.74) is 0. The molecule has 0 fully saturated rings. The van der Waals surface area contributed by atoms with Crippen LogP contribution in [0.2, 0.25) is 0 Å². The van der Waals surface area contributed by atoms with Crippen LogP contribution in [0.15, 0.2) is 60.8 Å². The van der Waals surface area contributed by atoms with E-state index in [4.69, 9.17) is 14.2 Å². The zero-order valence-electron chi connectivity index (χ0n) is 39.4. The van der Waals surface area contributed by atoms with Crippen LogP contribution in [0.4, 0.5) is 0 Å². The van der Waals surface area contributed by atoms with Crippen molar-refractivity contribution in [2.24, 2.45) is 0 Å². The van der Waals surface area contributed by atoms with Crippen molar-refractivity contribution in [3.8, 4) is 0 Å². The second kappa shape index (κ2) is 42.7. The fourth-order valence-corrected chi connectivity index (χ4v) is 6.90. The summed E-state index contributed by atoms with van der Waals surface area (Å²) < 4.78 is 17.2. The number of rotatable bonds is 43. The van der Waals surface area contributed by atoms with Crippen LogP contribution in [0, 0.1) is 0 Å². The van der Waals surface area contributed by atoms with Crippen LogP contribution in [0.1, 0.15) is 200 Å². The first-order chi connectivity index (χ1) is 29.1. The van der Waals surface area contributed by atoms with Crippen molar-refractivity contribution in [2.45, 2.75) is 212 Å². The van der Waals surface area contributed by atoms with Gasteiger partial charge in [-0.1, -0.05) is 171 Å². The maximum Gasteiger partial charge on any atom is 0.306 e. The fraction of sp³-hybridized carbons (Fsp3) is 0.750. The molecule has 0 rings (SSSR count). The third kappa shape index (κ3) is 40.4. The number of nitrogens with zero attached hydrogens (tertiary/aromatic N) is 1. The van der Waals surface area contributed by atoms with E-state index < -0.39 is 18.1 Å². The standard InChI is InChI=1S/C52H91NO7/c1-6-8-10-12-14-16-18-20-22-24-25-26-27-29-31-33-35-37-39-41-43-51(55)60-48(46-58-45-44-49(52(56)57)53(3,4)5)47-59-50(54)42-40-38-36-34-32-30-28-23-21-19-17-15-13-11-9-7-2/h9,11,15-18,20-23,48-49H,6-8,10,12-14,19,24-47H2,1-5H3/b11-9+,17-15+,18-16+,22-20+,23-21+. The van der Waals surface area contributed by atoms with Crippen LogP contribution in [-0.4, -0.2) is 75.5 Å². The summed E-state index contributed by atoms with van der Waals surface area (Å²) in [4.78, 5) is 37.0. The van der Waals surface area contributed by atoms with Gasteiger partial charge in [0.15, 0.2) is 6.10 Å². The van der Waals surface area contributed by atoms with Crippen LogP contribution in [0.3, 0.4) is 0 Å². The third-order valence-corrected chi connectivity index (χ3v) is 10.7. The summed E-state index contributed by atoms with van der Waals surface area (Å²) in [5, 5.41) is 11.6. The van der Waals surface area contributed by atoms with E-state index in [1.54, 1.807) is 21.1 Å². The van der Waals surface area contributed by atoms with Gasteiger partial charge < -0.3 is 28.6 Å². The lowest BCUT2D eigenvalue weighted by Crippen LogP contribution is -2.55. The Morgan fingerprint density at radius 2 is 0.983 bits per heavy atom. The van der Waals surface area contributed by atoms with Crippen LogP contribution in [-0.2, 0) is 28.6 Å². The molecule has 8 nitrogen and oxygen atoms in total. The van der Waals surface area contributed by atoms with Gasteiger partial charge in [-0.3, -0.25) is 9.59 Å². The number of carboxylic acids is 1. The smallest absolute Gasteiger partial charge is 0.306 e. The van der Waals surface area contributed by atoms with Crippen LogP contribution in [0.25, 0.3) is 0 Å². The molecular formula is C52H91NO7. The molecule has 0 aliphatic rings. The maximum atomic E-state index is 12.8. The van der Waals surface area contributed by atoms with Crippen LogP contribution in [0.5, 0.6) is 0 Å². The molecule has 0 aromatic carbocycles. The molecular weight excluding hydrogens is 751 g/mol. The summed E-state index contributed by atoms with van der Waals surface area (Å²) >= 11 is 0. The first-order valence-corrected chi connectivity index (χ1v) is 24.3. The number of hydrogen-bond donors (Lipinski definition) is 0. The number of hydrogen-bond acceptors (Lipinski definition) is 7. The summed E-state index contributed by atoms with van der Waals surface area (Å²) in [6.07, 6.45) is 52.4. The lowest BCUT2D eigenvalue weighted by molar-refractivity contribution is -0.889. The molecule has 0 aromatic rings. The topological polar surface area (TPSA) is 102 Å². The Bertz CT molecular complexity index is 1170. The molecule has 0 aromatic heterocycles. The minimum Gasteiger partial charge on any atom is -0.544 e. The van der Waals surface area contributed by atoms with Gasteiger partial charge in [0.2, 0.25) is 0 Å². The number of quaternary nitrogens is 1. The van der Waals surface area contributed by atoms with E-state index in [0.717, 1.165) is 70.6 Å². The SMILES string of the molecule is CC/C=C/C/C=C/C/C=C/CCCCCCCCC(=O)OCC(COCCC(C(=O)[O-])[N+](C)(C)C)OC(=O)CCCCCCCCCCCC/C=C/C=C/CCCCCC. The Labute approximate surface area is 368 Å². The van der Waals surface area contributed by atoms with E-state index in [-0.39, 0.29) is 42.7 Å². The highest BCUT2D eigenvalue weighted by Gasteiger charge is 2.25. The predicted octanol–water partition coefficient (Wildman–Crippen LogP) is 12.4. The van der Waals surface area contributed by atoms with Gasteiger partial charge in [0.25, 0.3) is 0 Å². The number of aliphatic carboxylic acids is 1. The second-order valence-corrected chi connectivity index (χ2v) is 17.3. The van der Waals surface area contributed by atoms with E-state index >= 15 is 0 Å². The Kier molecular flexibility index (Phi) is 40.6. The molecule has 8 heteroatoms. The normalized spacial score (nSPS) is 13.4. The van der Waals surface area contributed by atoms with Gasteiger partial charge in [-0.15, -0.1) is 0 Å². The minimum absolute atomic E-state index is 0.0335. The van der Waals surface area contributed by atoms with Gasteiger partial charge in [0.1, 0.15) is 12.6 Å². The molecule has 0 saturated carbocycles. The molecule has 0 aliphatic carbocycles. The molecule has 2 unspecified atom stereocenters. The number of allylic oxidation sites excluding steroid dienone is 10. The molecule has 0 spiro atoms. The van der Waals surface area contributed by atoms with Crippen molar-refractivity contribution in [1.82, 2.24) is 0 Å². The lowest BCUT2D eigenvalue weighted by atomic mass is 10.1. The Morgan fingerprint density at radius 3 is 1.48 bits per heavy atom. The monoisotopic (exact) mass is 842 g/mol. The Hall–Kier alpha value is -2.97. The van der Waals surface area contributed by atoms with Crippen molar-refractivity contribution in [3.05, 3.63) is 60.8 Å². The van der Waals surface area contributed by atoms with Gasteiger partial charge in [0.05, 0.1) is 40.3 Å². The van der Waals surface area contributed by atoms with Crippen molar-refractivity contribution < 1.29 is 38.2 Å². The van der Waals surface area contributed by atoms with E-state index in [1.807, 2.05) is 0 Å². The average Bonchev–Trinajstić information content (AvgIpc) is 3.21. The van der Waals surface area contributed by atoms with Crippen LogP contribution < -0.4 is 5.11 Å². The van der Waals surface area contributed by atoms with Gasteiger partial charge in [0, 0.05) is 19.3 Å². The molecule has 0 bridgehead atoms. The summed E-state index contributed by atoms with van der Waals surface area (Å²) in [6.45, 7) is 4.52. The maximum absolute atomic E-state index is 12.8. The van der Waals surface area contributed by atoms with Gasteiger partial charge in [-0.05, 0) is 70.6 Å². The summed E-state index contributed by atoms with van der Waals surface area (Å²) in [7, 11) is 5.40. The van der Waals surface area contributed by atoms with Crippen LogP contribution >= 0.6 is 0 Å². The molecule has 346 valence electrons. The molecule has 60 heavy (non-hydrogen) atoms. The van der Waals surface area contributed by atoms with Gasteiger partial charge in [-0.25, -0.2) is 0 Å². The number of unbranched alkanes of at least 4 members (excludes halogenated alkanes) is 20. The Balaban J connectivity index is 4.30. The number of carbonyl (C=O) groups excluding carboxylic acids is 3. The molecule has 0 radical (unpaired) electrons. The highest BCUT2D eigenvalue weighted by atomic mass is 16.6. The number of likely N-dealkylation sites (N-methyl/N-ethyl adjacent to an activating group) is 1. The van der Waals surface area contributed by atoms with Gasteiger partial charge in [-0.2, -0.15) is 0 Å². The zero-order valence-corrected chi connectivity index (χ0v) is 39.4. The number of ether oxygens (including phenoxy) is 3. The molecule has 2 atom stereocenters. The highest BCUT2D eigenvalue weighted by Crippen LogP contribution is 2.14. The number of carbonyl (C=O) groups is 3. The Morgan fingerprint density at radius 1 is 0.533 bits per heavy atom. The number of esters is 2. The molecule has 0 amide bonds. The number of carboxylic acid groups (broad SMARTS) is 1. The van der Waals surface area contributed by atoms with Crippen molar-refractivity contribution in [3.63, 3.8) is 0 Å². The molecule has 0 aliphatic heterocycles. The van der Waals surface area contributed by atoms with E-state index in [1.165, 1.54) is 96.3 Å². The molecule has 0 N–H and O–H groups in total. The fourth-order valence-electron chi connectivity index (χ4n) is 6.90. The highest BCUT2D eigenvalue weighted by molar-refractivity contribution is 5.70. The second-order valence-electron chi connectivity index (χ2n) is 17.3. The van der Waals surface area contributed by atoms with Gasteiger partial charge >= 0.3 is 11.9 Å². The summed E-state index contributed by atoms with van der Waals surface area (Å²) in [5.74, 6) is -1.76. The zero-order chi connectivity index (χ0) is 44.2. The minimum atomic E-state index is -1.13. The molecule has 0 saturated heterocycles. The van der Waals surface area contributed by atoms with Crippen molar-refractivity contribution >= 4 is 17.9 Å². The average molecular weight is 842 g/mol. The van der Waals surface area contributed by atoms with Crippen molar-refractivity contribution in [1.29, 1.82) is 0 Å². The third-order valence-electron chi connectivity index (χ3n) is 10.7. The quantitative estimate of drug-likeness (QED) is 0.0198. The lowest BCUT2D eigenvalue weighted by Gasteiger charge is -2.34. The van der Waals surface area contributed by atoms with E-state index in [9.17, 15) is 19.5 Å². The summed E-state index contributed by atoms with van der Waals surface area (Å²) in [6, 6.07) is -0.730. The predicted molar refractivity (Wildman–Crippen MR) is 249 cm³/mol. The van der Waals surface area contributed by atoms with Crippen molar-refractivity contribution in [2.75, 3.05) is 41.0 Å². The van der Waals surface area contributed by atoms with E-state index in [2.05, 4.69) is 74.6 Å².